The second-order valence-electron chi connectivity index (χ2n) is 4.85. The van der Waals surface area contributed by atoms with Crippen LogP contribution in [0.25, 0.3) is 0 Å². The Morgan fingerprint density at radius 1 is 1.35 bits per heavy atom. The van der Waals surface area contributed by atoms with E-state index in [9.17, 15) is 0 Å². The van der Waals surface area contributed by atoms with Gasteiger partial charge in [0.1, 0.15) is 0 Å². The summed E-state index contributed by atoms with van der Waals surface area (Å²) in [6.07, 6.45) is 2.96. The van der Waals surface area contributed by atoms with Gasteiger partial charge in [0.05, 0.1) is 12.3 Å². The lowest BCUT2D eigenvalue weighted by Crippen LogP contribution is -2.25. The fraction of sp³-hybridized carbons (Fsp3) is 0.769. The molecule has 0 saturated carbocycles. The second kappa shape index (κ2) is 7.45. The van der Waals surface area contributed by atoms with E-state index in [0.717, 1.165) is 32.1 Å². The van der Waals surface area contributed by atoms with Gasteiger partial charge in [-0.25, -0.2) is 0 Å². The zero-order chi connectivity index (χ0) is 12.7. The van der Waals surface area contributed by atoms with Crippen molar-refractivity contribution in [3.05, 3.63) is 18.0 Å². The zero-order valence-corrected chi connectivity index (χ0v) is 11.4. The lowest BCUT2D eigenvalue weighted by molar-refractivity contribution is 0.123. The molecule has 0 radical (unpaired) electrons. The van der Waals surface area contributed by atoms with Crippen molar-refractivity contribution >= 4 is 0 Å². The largest absolute Gasteiger partial charge is 0.380 e. The lowest BCUT2D eigenvalue weighted by atomic mass is 10.1. The second-order valence-corrected chi connectivity index (χ2v) is 4.85. The molecule has 1 unspecified atom stereocenters. The van der Waals surface area contributed by atoms with Crippen LogP contribution in [0.2, 0.25) is 0 Å². The first-order valence-corrected chi connectivity index (χ1v) is 6.40. The van der Waals surface area contributed by atoms with E-state index < -0.39 is 0 Å². The summed E-state index contributed by atoms with van der Waals surface area (Å²) in [7, 11) is 1.96. The van der Waals surface area contributed by atoms with Gasteiger partial charge in [0.15, 0.2) is 0 Å². The third-order valence-corrected chi connectivity index (χ3v) is 2.84. The molecule has 4 heteroatoms. The molecule has 0 spiro atoms. The van der Waals surface area contributed by atoms with Gasteiger partial charge in [0, 0.05) is 32.4 Å². The third-order valence-electron chi connectivity index (χ3n) is 2.84. The number of hydrogen-bond donors (Lipinski definition) is 1. The number of nitrogens with zero attached hydrogens (tertiary/aromatic N) is 2. The quantitative estimate of drug-likeness (QED) is 0.706. The Bertz CT molecular complexity index is 309. The summed E-state index contributed by atoms with van der Waals surface area (Å²) in [5, 5.41) is 7.59. The molecule has 0 aromatic carbocycles. The summed E-state index contributed by atoms with van der Waals surface area (Å²) in [6.45, 7) is 9.09. The van der Waals surface area contributed by atoms with E-state index in [0.29, 0.717) is 6.04 Å². The first-order chi connectivity index (χ1) is 8.11. The minimum Gasteiger partial charge on any atom is -0.380 e. The van der Waals surface area contributed by atoms with Crippen molar-refractivity contribution in [2.24, 2.45) is 13.0 Å². The SMILES string of the molecule is CC(C)CCOCCNC(C)c1ccnn1C. The van der Waals surface area contributed by atoms with Crippen LogP contribution >= 0.6 is 0 Å². The number of nitrogens with one attached hydrogen (secondary N) is 1. The Hall–Kier alpha value is -0.870. The normalized spacial score (nSPS) is 13.2. The average molecular weight is 239 g/mol. The van der Waals surface area contributed by atoms with Crippen LogP contribution in [0.1, 0.15) is 38.9 Å². The van der Waals surface area contributed by atoms with Gasteiger partial charge >= 0.3 is 0 Å². The van der Waals surface area contributed by atoms with Crippen LogP contribution in [-0.4, -0.2) is 29.5 Å². The molecule has 1 aromatic rings. The Morgan fingerprint density at radius 3 is 2.71 bits per heavy atom. The highest BCUT2D eigenvalue weighted by Gasteiger charge is 2.07. The van der Waals surface area contributed by atoms with Gasteiger partial charge in [-0.2, -0.15) is 5.10 Å². The predicted molar refractivity (Wildman–Crippen MR) is 69.9 cm³/mol. The molecule has 17 heavy (non-hydrogen) atoms. The maximum atomic E-state index is 5.56. The van der Waals surface area contributed by atoms with Crippen LogP contribution in [0, 0.1) is 5.92 Å². The van der Waals surface area contributed by atoms with E-state index in [1.165, 1.54) is 5.69 Å². The molecule has 0 aliphatic heterocycles. The van der Waals surface area contributed by atoms with E-state index >= 15 is 0 Å². The summed E-state index contributed by atoms with van der Waals surface area (Å²) in [5.41, 5.74) is 1.20. The van der Waals surface area contributed by atoms with E-state index in [-0.39, 0.29) is 0 Å². The lowest BCUT2D eigenvalue weighted by Gasteiger charge is -2.14. The molecule has 0 bridgehead atoms. The molecule has 0 fully saturated rings. The number of ether oxygens (including phenoxy) is 1. The number of rotatable bonds is 8. The molecule has 0 aliphatic carbocycles. The maximum Gasteiger partial charge on any atom is 0.0591 e. The molecule has 1 rings (SSSR count). The van der Waals surface area contributed by atoms with Crippen molar-refractivity contribution in [1.29, 1.82) is 0 Å². The first kappa shape index (κ1) is 14.2. The Kier molecular flexibility index (Phi) is 6.22. The first-order valence-electron chi connectivity index (χ1n) is 6.40. The van der Waals surface area contributed by atoms with Crippen molar-refractivity contribution in [2.75, 3.05) is 19.8 Å². The third kappa shape index (κ3) is 5.33. The van der Waals surface area contributed by atoms with E-state index in [1.807, 2.05) is 24.0 Å². The number of aryl methyl sites for hydroxylation is 1. The maximum absolute atomic E-state index is 5.56. The molecular weight excluding hydrogens is 214 g/mol. The number of aromatic nitrogens is 2. The van der Waals surface area contributed by atoms with Gasteiger partial charge < -0.3 is 10.1 Å². The van der Waals surface area contributed by atoms with Crippen LogP contribution in [0.5, 0.6) is 0 Å². The fourth-order valence-electron chi connectivity index (χ4n) is 1.68. The Morgan fingerprint density at radius 2 is 2.12 bits per heavy atom. The Balaban J connectivity index is 2.09. The molecular formula is C13H25N3O. The monoisotopic (exact) mass is 239 g/mol. The van der Waals surface area contributed by atoms with Gasteiger partial charge in [-0.3, -0.25) is 4.68 Å². The molecule has 1 atom stereocenters. The van der Waals surface area contributed by atoms with Crippen molar-refractivity contribution in [1.82, 2.24) is 15.1 Å². The molecule has 98 valence electrons. The van der Waals surface area contributed by atoms with Gasteiger partial charge in [-0.15, -0.1) is 0 Å². The summed E-state index contributed by atoms with van der Waals surface area (Å²) >= 11 is 0. The van der Waals surface area contributed by atoms with Crippen LogP contribution < -0.4 is 5.32 Å². The van der Waals surface area contributed by atoms with Crippen molar-refractivity contribution in [3.63, 3.8) is 0 Å². The van der Waals surface area contributed by atoms with Gasteiger partial charge in [0.25, 0.3) is 0 Å². The molecule has 0 aliphatic rings. The molecule has 1 heterocycles. The average Bonchev–Trinajstić information content (AvgIpc) is 2.69. The minimum absolute atomic E-state index is 0.316. The highest BCUT2D eigenvalue weighted by molar-refractivity contribution is 5.04. The summed E-state index contributed by atoms with van der Waals surface area (Å²) < 4.78 is 7.46. The molecule has 4 nitrogen and oxygen atoms in total. The topological polar surface area (TPSA) is 39.1 Å². The zero-order valence-electron chi connectivity index (χ0n) is 11.4. The van der Waals surface area contributed by atoms with E-state index in [1.54, 1.807) is 0 Å². The standard InChI is InChI=1S/C13H25N3O/c1-11(2)6-9-17-10-8-14-12(3)13-5-7-15-16(13)4/h5,7,11-12,14H,6,8-10H2,1-4H3. The Labute approximate surface area is 104 Å². The van der Waals surface area contributed by atoms with Crippen molar-refractivity contribution in [2.45, 2.75) is 33.2 Å². The smallest absolute Gasteiger partial charge is 0.0591 e. The molecule has 0 amide bonds. The predicted octanol–water partition coefficient (Wildman–Crippen LogP) is 2.13. The molecule has 0 saturated heterocycles. The summed E-state index contributed by atoms with van der Waals surface area (Å²) in [4.78, 5) is 0. The highest BCUT2D eigenvalue weighted by atomic mass is 16.5. The van der Waals surface area contributed by atoms with Crippen molar-refractivity contribution < 1.29 is 4.74 Å². The summed E-state index contributed by atoms with van der Waals surface area (Å²) in [6, 6.07) is 2.35. The minimum atomic E-state index is 0.316. The van der Waals surface area contributed by atoms with Crippen LogP contribution in [0.4, 0.5) is 0 Å². The fourth-order valence-corrected chi connectivity index (χ4v) is 1.68. The van der Waals surface area contributed by atoms with Crippen molar-refractivity contribution in [3.8, 4) is 0 Å². The van der Waals surface area contributed by atoms with Gasteiger partial charge in [-0.05, 0) is 25.3 Å². The summed E-state index contributed by atoms with van der Waals surface area (Å²) in [5.74, 6) is 0.719. The van der Waals surface area contributed by atoms with E-state index in [4.69, 9.17) is 4.74 Å². The van der Waals surface area contributed by atoms with E-state index in [2.05, 4.69) is 31.2 Å². The number of hydrogen-bond acceptors (Lipinski definition) is 3. The van der Waals surface area contributed by atoms with Crippen LogP contribution in [0.15, 0.2) is 12.3 Å². The molecule has 1 aromatic heterocycles. The van der Waals surface area contributed by atoms with Gasteiger partial charge in [0.2, 0.25) is 0 Å². The van der Waals surface area contributed by atoms with Gasteiger partial charge in [-0.1, -0.05) is 13.8 Å². The molecule has 1 N–H and O–H groups in total. The van der Waals surface area contributed by atoms with Crippen LogP contribution in [-0.2, 0) is 11.8 Å². The highest BCUT2D eigenvalue weighted by Crippen LogP contribution is 2.09. The van der Waals surface area contributed by atoms with Crippen LogP contribution in [0.3, 0.4) is 0 Å².